The van der Waals surface area contributed by atoms with Crippen LogP contribution in [0.4, 0.5) is 0 Å². The topological polar surface area (TPSA) is 59.0 Å². The van der Waals surface area contributed by atoms with Gasteiger partial charge in [-0.05, 0) is 18.7 Å². The number of carbonyl (C=O) groups is 2. The van der Waals surface area contributed by atoms with Gasteiger partial charge in [0.2, 0.25) is 5.12 Å². The standard InChI is InChI=1S/C9H10N2O3S/c1-2-14-8(13)6-3-10-9-11(4-6)5-7(12)15-9/h3H,2,4-5H2,1H3. The maximum absolute atomic E-state index is 11.4. The molecule has 0 aromatic heterocycles. The lowest BCUT2D eigenvalue weighted by atomic mass is 10.2. The van der Waals surface area contributed by atoms with E-state index in [9.17, 15) is 9.59 Å². The molecule has 2 rings (SSSR count). The van der Waals surface area contributed by atoms with Gasteiger partial charge in [0, 0.05) is 6.20 Å². The van der Waals surface area contributed by atoms with Crippen molar-refractivity contribution in [2.75, 3.05) is 19.7 Å². The number of esters is 1. The van der Waals surface area contributed by atoms with Gasteiger partial charge in [-0.1, -0.05) is 0 Å². The summed E-state index contributed by atoms with van der Waals surface area (Å²) in [5.41, 5.74) is 0.496. The molecular weight excluding hydrogens is 216 g/mol. The van der Waals surface area contributed by atoms with E-state index < -0.39 is 0 Å². The van der Waals surface area contributed by atoms with E-state index in [1.54, 1.807) is 11.8 Å². The third kappa shape index (κ3) is 2.04. The first-order valence-electron chi connectivity index (χ1n) is 4.60. The largest absolute Gasteiger partial charge is 0.463 e. The average molecular weight is 226 g/mol. The van der Waals surface area contributed by atoms with Crippen LogP contribution in [0.5, 0.6) is 0 Å². The second kappa shape index (κ2) is 4.06. The molecule has 1 saturated heterocycles. The molecule has 2 aliphatic rings. The lowest BCUT2D eigenvalue weighted by Gasteiger charge is -2.20. The molecule has 0 aromatic rings. The Morgan fingerprint density at radius 3 is 3.20 bits per heavy atom. The number of hydrogen-bond donors (Lipinski definition) is 0. The van der Waals surface area contributed by atoms with Gasteiger partial charge in [0.15, 0.2) is 5.17 Å². The van der Waals surface area contributed by atoms with Crippen LogP contribution in [-0.2, 0) is 14.3 Å². The van der Waals surface area contributed by atoms with E-state index in [0.29, 0.717) is 30.4 Å². The van der Waals surface area contributed by atoms with Crippen molar-refractivity contribution >= 4 is 28.0 Å². The number of hydrogen-bond acceptors (Lipinski definition) is 6. The minimum absolute atomic E-state index is 0.0623. The molecule has 80 valence electrons. The van der Waals surface area contributed by atoms with Crippen molar-refractivity contribution in [3.8, 4) is 0 Å². The molecule has 6 heteroatoms. The Morgan fingerprint density at radius 2 is 2.47 bits per heavy atom. The summed E-state index contributed by atoms with van der Waals surface area (Å²) < 4.78 is 4.86. The summed E-state index contributed by atoms with van der Waals surface area (Å²) >= 11 is 1.12. The quantitative estimate of drug-likeness (QED) is 0.637. The lowest BCUT2D eigenvalue weighted by Crippen LogP contribution is -2.32. The molecule has 15 heavy (non-hydrogen) atoms. The molecule has 2 aliphatic heterocycles. The van der Waals surface area contributed by atoms with E-state index in [2.05, 4.69) is 4.99 Å². The van der Waals surface area contributed by atoms with Gasteiger partial charge in [0.25, 0.3) is 0 Å². The molecule has 0 spiro atoms. The van der Waals surface area contributed by atoms with Crippen molar-refractivity contribution < 1.29 is 14.3 Å². The number of aliphatic imine (C=N–C) groups is 1. The van der Waals surface area contributed by atoms with Gasteiger partial charge in [-0.25, -0.2) is 9.79 Å². The minimum atomic E-state index is -0.357. The van der Waals surface area contributed by atoms with Gasteiger partial charge in [0.1, 0.15) is 0 Å². The fourth-order valence-corrected chi connectivity index (χ4v) is 2.16. The van der Waals surface area contributed by atoms with Gasteiger partial charge < -0.3 is 9.64 Å². The summed E-state index contributed by atoms with van der Waals surface area (Å²) in [5, 5.41) is 0.736. The van der Waals surface area contributed by atoms with E-state index in [1.807, 2.05) is 0 Å². The summed E-state index contributed by atoms with van der Waals surface area (Å²) in [6.45, 7) is 2.84. The van der Waals surface area contributed by atoms with Crippen LogP contribution < -0.4 is 0 Å². The van der Waals surface area contributed by atoms with Crippen molar-refractivity contribution in [3.05, 3.63) is 11.8 Å². The second-order valence-electron chi connectivity index (χ2n) is 3.12. The van der Waals surface area contributed by atoms with Crippen LogP contribution in [0.25, 0.3) is 0 Å². The highest BCUT2D eigenvalue weighted by molar-refractivity contribution is 8.26. The minimum Gasteiger partial charge on any atom is -0.463 e. The third-order valence-corrected chi connectivity index (χ3v) is 2.93. The number of thioether (sulfide) groups is 1. The normalized spacial score (nSPS) is 19.5. The number of amidine groups is 1. The van der Waals surface area contributed by atoms with E-state index in [4.69, 9.17) is 4.74 Å². The summed E-state index contributed by atoms with van der Waals surface area (Å²) in [7, 11) is 0. The Hall–Kier alpha value is -1.30. The maximum atomic E-state index is 11.4. The molecule has 0 aromatic carbocycles. The number of carbonyl (C=O) groups excluding carboxylic acids is 2. The van der Waals surface area contributed by atoms with E-state index in [-0.39, 0.29) is 11.1 Å². The van der Waals surface area contributed by atoms with Crippen LogP contribution in [0.2, 0.25) is 0 Å². The molecule has 2 heterocycles. The molecule has 5 nitrogen and oxygen atoms in total. The van der Waals surface area contributed by atoms with Gasteiger partial charge in [0.05, 0.1) is 25.3 Å². The van der Waals surface area contributed by atoms with Crippen molar-refractivity contribution in [1.82, 2.24) is 4.90 Å². The van der Waals surface area contributed by atoms with Crippen molar-refractivity contribution in [1.29, 1.82) is 0 Å². The zero-order chi connectivity index (χ0) is 10.8. The average Bonchev–Trinajstić information content (AvgIpc) is 2.57. The molecule has 0 aliphatic carbocycles. The van der Waals surface area contributed by atoms with Crippen molar-refractivity contribution in [2.45, 2.75) is 6.92 Å². The Bertz CT molecular complexity index is 376. The van der Waals surface area contributed by atoms with Crippen molar-refractivity contribution in [3.63, 3.8) is 0 Å². The summed E-state index contributed by atoms with van der Waals surface area (Å²) in [4.78, 5) is 28.3. The number of nitrogens with zero attached hydrogens (tertiary/aromatic N) is 2. The van der Waals surface area contributed by atoms with Crippen LogP contribution in [0.15, 0.2) is 16.8 Å². The Labute approximate surface area is 91.2 Å². The zero-order valence-electron chi connectivity index (χ0n) is 8.23. The molecule has 0 bridgehead atoms. The predicted molar refractivity (Wildman–Crippen MR) is 56.3 cm³/mol. The molecule has 0 radical (unpaired) electrons. The molecular formula is C9H10N2O3S. The number of fused-ring (bicyclic) bond motifs is 1. The second-order valence-corrected chi connectivity index (χ2v) is 4.14. The van der Waals surface area contributed by atoms with Gasteiger partial charge in [-0.2, -0.15) is 0 Å². The fourth-order valence-electron chi connectivity index (χ4n) is 1.37. The Balaban J connectivity index is 2.09. The van der Waals surface area contributed by atoms with E-state index in [1.165, 1.54) is 6.20 Å². The molecule has 0 saturated carbocycles. The maximum Gasteiger partial charge on any atom is 0.337 e. The Kier molecular flexibility index (Phi) is 2.77. The van der Waals surface area contributed by atoms with Gasteiger partial charge in [-0.3, -0.25) is 4.79 Å². The summed E-state index contributed by atoms with van der Waals surface area (Å²) in [6, 6.07) is 0. The first-order chi connectivity index (χ1) is 7.20. The summed E-state index contributed by atoms with van der Waals surface area (Å²) in [6.07, 6.45) is 1.48. The van der Waals surface area contributed by atoms with E-state index in [0.717, 1.165) is 11.8 Å². The van der Waals surface area contributed by atoms with Crippen LogP contribution in [-0.4, -0.2) is 40.8 Å². The number of ether oxygens (including phenoxy) is 1. The Morgan fingerprint density at radius 1 is 1.67 bits per heavy atom. The lowest BCUT2D eigenvalue weighted by molar-refractivity contribution is -0.138. The molecule has 0 amide bonds. The highest BCUT2D eigenvalue weighted by Crippen LogP contribution is 2.24. The highest BCUT2D eigenvalue weighted by Gasteiger charge is 2.31. The van der Waals surface area contributed by atoms with Gasteiger partial charge in [-0.15, -0.1) is 0 Å². The highest BCUT2D eigenvalue weighted by atomic mass is 32.2. The van der Waals surface area contributed by atoms with Crippen LogP contribution in [0.1, 0.15) is 6.92 Å². The molecule has 0 atom stereocenters. The molecule has 0 N–H and O–H groups in total. The monoisotopic (exact) mass is 226 g/mol. The molecule has 1 fully saturated rings. The molecule has 0 unspecified atom stereocenters. The van der Waals surface area contributed by atoms with Gasteiger partial charge >= 0.3 is 5.97 Å². The number of rotatable bonds is 2. The first-order valence-corrected chi connectivity index (χ1v) is 5.42. The van der Waals surface area contributed by atoms with Crippen LogP contribution in [0.3, 0.4) is 0 Å². The fraction of sp³-hybridized carbons (Fsp3) is 0.444. The smallest absolute Gasteiger partial charge is 0.337 e. The third-order valence-electron chi connectivity index (χ3n) is 2.03. The van der Waals surface area contributed by atoms with Crippen LogP contribution in [0, 0.1) is 0 Å². The predicted octanol–water partition coefficient (Wildman–Crippen LogP) is 0.378. The van der Waals surface area contributed by atoms with Crippen molar-refractivity contribution in [2.24, 2.45) is 4.99 Å². The summed E-state index contributed by atoms with van der Waals surface area (Å²) in [5.74, 6) is -0.357. The van der Waals surface area contributed by atoms with E-state index >= 15 is 0 Å². The zero-order valence-corrected chi connectivity index (χ0v) is 9.04. The first kappa shape index (κ1) is 10.2. The van der Waals surface area contributed by atoms with Crippen LogP contribution >= 0.6 is 11.8 Å². The SMILES string of the molecule is CCOC(=O)C1=CN=C2SC(=O)CN2C1.